The molecular formula is C15H17N3O2. The van der Waals surface area contributed by atoms with Crippen molar-refractivity contribution in [3.8, 4) is 0 Å². The maximum Gasteiger partial charge on any atom is 0.354 e. The second-order valence-electron chi connectivity index (χ2n) is 4.66. The van der Waals surface area contributed by atoms with E-state index < -0.39 is 5.97 Å². The van der Waals surface area contributed by atoms with Crippen LogP contribution in [0, 0.1) is 0 Å². The van der Waals surface area contributed by atoms with E-state index in [-0.39, 0.29) is 5.69 Å². The van der Waals surface area contributed by atoms with E-state index in [0.29, 0.717) is 6.54 Å². The minimum absolute atomic E-state index is 0.0880. The number of carboxylic acids is 1. The Hall–Kier alpha value is -2.27. The number of rotatable bonds is 6. The van der Waals surface area contributed by atoms with Crippen molar-refractivity contribution in [3.63, 3.8) is 0 Å². The highest BCUT2D eigenvalue weighted by Crippen LogP contribution is 2.05. The average Bonchev–Trinajstić information content (AvgIpc) is 2.46. The fraction of sp³-hybridized carbons (Fsp3) is 0.267. The van der Waals surface area contributed by atoms with Gasteiger partial charge in [-0.3, -0.25) is 4.98 Å². The van der Waals surface area contributed by atoms with Crippen LogP contribution in [-0.2, 0) is 13.0 Å². The lowest BCUT2D eigenvalue weighted by molar-refractivity contribution is 0.0690. The third-order valence-electron chi connectivity index (χ3n) is 2.99. The number of carboxylic acid groups (broad SMARTS) is 1. The highest BCUT2D eigenvalue weighted by Gasteiger charge is 2.07. The molecule has 20 heavy (non-hydrogen) atoms. The van der Waals surface area contributed by atoms with Crippen molar-refractivity contribution in [1.82, 2.24) is 14.9 Å². The first-order valence-electron chi connectivity index (χ1n) is 6.42. The average molecular weight is 271 g/mol. The maximum atomic E-state index is 10.9. The molecular weight excluding hydrogens is 254 g/mol. The van der Waals surface area contributed by atoms with Crippen molar-refractivity contribution in [2.75, 3.05) is 13.6 Å². The number of pyridine rings is 2. The van der Waals surface area contributed by atoms with Gasteiger partial charge in [0.1, 0.15) is 5.69 Å². The molecule has 0 bridgehead atoms. The van der Waals surface area contributed by atoms with E-state index in [4.69, 9.17) is 5.11 Å². The number of aromatic carboxylic acids is 1. The first-order chi connectivity index (χ1) is 9.65. The van der Waals surface area contributed by atoms with Crippen molar-refractivity contribution >= 4 is 5.97 Å². The van der Waals surface area contributed by atoms with Gasteiger partial charge < -0.3 is 10.0 Å². The Kier molecular flexibility index (Phi) is 4.79. The predicted molar refractivity (Wildman–Crippen MR) is 75.5 cm³/mol. The number of nitrogens with zero attached hydrogens (tertiary/aromatic N) is 3. The summed E-state index contributed by atoms with van der Waals surface area (Å²) in [5, 5.41) is 8.91. The Morgan fingerprint density at radius 2 is 2.00 bits per heavy atom. The molecule has 0 aliphatic rings. The Morgan fingerprint density at radius 1 is 1.25 bits per heavy atom. The van der Waals surface area contributed by atoms with Gasteiger partial charge in [-0.05, 0) is 43.3 Å². The second kappa shape index (κ2) is 6.77. The maximum absolute atomic E-state index is 10.9. The monoisotopic (exact) mass is 271 g/mol. The lowest BCUT2D eigenvalue weighted by Crippen LogP contribution is -2.21. The summed E-state index contributed by atoms with van der Waals surface area (Å²) in [5.74, 6) is -0.994. The summed E-state index contributed by atoms with van der Waals surface area (Å²) in [6.45, 7) is 1.51. The molecule has 0 unspecified atom stereocenters. The van der Waals surface area contributed by atoms with Crippen LogP contribution in [0.2, 0.25) is 0 Å². The van der Waals surface area contributed by atoms with Gasteiger partial charge in [-0.15, -0.1) is 0 Å². The third-order valence-corrected chi connectivity index (χ3v) is 2.99. The smallest absolute Gasteiger partial charge is 0.354 e. The van der Waals surface area contributed by atoms with Crippen molar-refractivity contribution in [3.05, 3.63) is 59.7 Å². The van der Waals surface area contributed by atoms with Gasteiger partial charge in [0, 0.05) is 25.5 Å². The summed E-state index contributed by atoms with van der Waals surface area (Å²) in [6, 6.07) is 9.06. The molecule has 0 spiro atoms. The van der Waals surface area contributed by atoms with Gasteiger partial charge in [0.05, 0.1) is 5.69 Å². The van der Waals surface area contributed by atoms with Gasteiger partial charge in [0.2, 0.25) is 0 Å². The molecule has 2 aromatic heterocycles. The lowest BCUT2D eigenvalue weighted by Gasteiger charge is -2.16. The number of hydrogen-bond donors (Lipinski definition) is 1. The molecule has 104 valence electrons. The zero-order chi connectivity index (χ0) is 14.4. The van der Waals surface area contributed by atoms with E-state index in [1.165, 1.54) is 11.6 Å². The SMILES string of the molecule is CN(CCc1ccncc1)Cc1cccc(C(=O)O)n1. The van der Waals surface area contributed by atoms with Gasteiger partial charge in [-0.1, -0.05) is 6.07 Å². The normalized spacial score (nSPS) is 10.7. The van der Waals surface area contributed by atoms with Crippen LogP contribution >= 0.6 is 0 Å². The van der Waals surface area contributed by atoms with Crippen LogP contribution in [0.5, 0.6) is 0 Å². The highest BCUT2D eigenvalue weighted by molar-refractivity contribution is 5.85. The van der Waals surface area contributed by atoms with Gasteiger partial charge in [-0.2, -0.15) is 0 Å². The van der Waals surface area contributed by atoms with E-state index >= 15 is 0 Å². The summed E-state index contributed by atoms with van der Waals surface area (Å²) in [7, 11) is 2.00. The number of likely N-dealkylation sites (N-methyl/N-ethyl adjacent to an activating group) is 1. The zero-order valence-electron chi connectivity index (χ0n) is 11.4. The molecule has 0 fully saturated rings. The van der Waals surface area contributed by atoms with Crippen LogP contribution in [-0.4, -0.2) is 39.5 Å². The largest absolute Gasteiger partial charge is 0.477 e. The minimum atomic E-state index is -0.994. The molecule has 0 saturated carbocycles. The van der Waals surface area contributed by atoms with Crippen molar-refractivity contribution < 1.29 is 9.90 Å². The van der Waals surface area contributed by atoms with Crippen LogP contribution in [0.1, 0.15) is 21.7 Å². The van der Waals surface area contributed by atoms with E-state index in [0.717, 1.165) is 18.7 Å². The molecule has 0 aromatic carbocycles. The molecule has 0 aliphatic heterocycles. The van der Waals surface area contributed by atoms with E-state index in [1.54, 1.807) is 18.5 Å². The van der Waals surface area contributed by atoms with Crippen molar-refractivity contribution in [1.29, 1.82) is 0 Å². The second-order valence-corrected chi connectivity index (χ2v) is 4.66. The van der Waals surface area contributed by atoms with Gasteiger partial charge in [0.15, 0.2) is 0 Å². The number of aromatic nitrogens is 2. The Labute approximate surface area is 117 Å². The molecule has 0 amide bonds. The van der Waals surface area contributed by atoms with Crippen LogP contribution in [0.25, 0.3) is 0 Å². The Bertz CT molecular complexity index is 572. The van der Waals surface area contributed by atoms with Gasteiger partial charge in [-0.25, -0.2) is 9.78 Å². The lowest BCUT2D eigenvalue weighted by atomic mass is 10.2. The van der Waals surface area contributed by atoms with Crippen LogP contribution in [0.15, 0.2) is 42.7 Å². The number of hydrogen-bond acceptors (Lipinski definition) is 4. The van der Waals surface area contributed by atoms with Crippen LogP contribution in [0.3, 0.4) is 0 Å². The van der Waals surface area contributed by atoms with Crippen molar-refractivity contribution in [2.24, 2.45) is 0 Å². The van der Waals surface area contributed by atoms with E-state index in [1.807, 2.05) is 25.2 Å². The first kappa shape index (κ1) is 14.1. The third kappa shape index (κ3) is 4.13. The minimum Gasteiger partial charge on any atom is -0.477 e. The molecule has 2 rings (SSSR count). The number of carbonyl (C=O) groups is 1. The molecule has 5 nitrogen and oxygen atoms in total. The summed E-state index contributed by atoms with van der Waals surface area (Å²) in [6.07, 6.45) is 4.50. The molecule has 0 aliphatic carbocycles. The summed E-state index contributed by atoms with van der Waals surface area (Å²) in [5.41, 5.74) is 2.09. The molecule has 2 aromatic rings. The van der Waals surface area contributed by atoms with E-state index in [2.05, 4.69) is 14.9 Å². The Balaban J connectivity index is 1.89. The highest BCUT2D eigenvalue weighted by atomic mass is 16.4. The molecule has 0 radical (unpaired) electrons. The molecule has 5 heteroatoms. The summed E-state index contributed by atoms with van der Waals surface area (Å²) < 4.78 is 0. The fourth-order valence-electron chi connectivity index (χ4n) is 1.91. The van der Waals surface area contributed by atoms with E-state index in [9.17, 15) is 4.79 Å². The van der Waals surface area contributed by atoms with Crippen LogP contribution in [0.4, 0.5) is 0 Å². The summed E-state index contributed by atoms with van der Waals surface area (Å²) >= 11 is 0. The quantitative estimate of drug-likeness (QED) is 0.868. The van der Waals surface area contributed by atoms with Crippen LogP contribution < -0.4 is 0 Å². The molecule has 1 N–H and O–H groups in total. The van der Waals surface area contributed by atoms with Gasteiger partial charge >= 0.3 is 5.97 Å². The molecule has 0 atom stereocenters. The van der Waals surface area contributed by atoms with Gasteiger partial charge in [0.25, 0.3) is 0 Å². The zero-order valence-corrected chi connectivity index (χ0v) is 11.4. The Morgan fingerprint density at radius 3 is 2.70 bits per heavy atom. The predicted octanol–water partition coefficient (Wildman–Crippen LogP) is 1.85. The standard InChI is InChI=1S/C15H17N3O2/c1-18(10-7-12-5-8-16-9-6-12)11-13-3-2-4-14(17-13)15(19)20/h2-6,8-9H,7,10-11H2,1H3,(H,19,20). The summed E-state index contributed by atoms with van der Waals surface area (Å²) in [4.78, 5) is 21.1. The topological polar surface area (TPSA) is 66.3 Å². The molecule has 0 saturated heterocycles. The molecule has 2 heterocycles. The first-order valence-corrected chi connectivity index (χ1v) is 6.42. The van der Waals surface area contributed by atoms with Crippen molar-refractivity contribution in [2.45, 2.75) is 13.0 Å². The fourth-order valence-corrected chi connectivity index (χ4v) is 1.91.